The normalized spacial score (nSPS) is 12.7. The van der Waals surface area contributed by atoms with Crippen molar-refractivity contribution >= 4 is 49.4 Å². The Kier molecular flexibility index (Phi) is 6.38. The summed E-state index contributed by atoms with van der Waals surface area (Å²) in [6.07, 6.45) is 6.49. The molecule has 0 bridgehead atoms. The molecule has 1 nitrogen and oxygen atoms in total. The quantitative estimate of drug-likeness (QED) is 0.178. The lowest BCUT2D eigenvalue weighted by Gasteiger charge is -2.18. The fourth-order valence-corrected chi connectivity index (χ4v) is 7.93. The van der Waals surface area contributed by atoms with Crippen LogP contribution in [0.3, 0.4) is 0 Å². The summed E-state index contributed by atoms with van der Waals surface area (Å²) in [6, 6.07) is 57.9. The van der Waals surface area contributed by atoms with Crippen molar-refractivity contribution in [1.29, 1.82) is 0 Å². The Hall–Kier alpha value is -6.18. The maximum atomic E-state index is 6.17. The van der Waals surface area contributed by atoms with Gasteiger partial charge in [0, 0.05) is 17.4 Å². The Morgan fingerprint density at radius 1 is 0.388 bits per heavy atom. The summed E-state index contributed by atoms with van der Waals surface area (Å²) in [7, 11) is 0. The van der Waals surface area contributed by atoms with Crippen LogP contribution >= 0.6 is 0 Å². The molecule has 0 spiro atoms. The second-order valence-corrected chi connectivity index (χ2v) is 13.2. The molecule has 230 valence electrons. The van der Waals surface area contributed by atoms with Gasteiger partial charge in [-0.1, -0.05) is 146 Å². The van der Waals surface area contributed by atoms with Crippen LogP contribution in [0.15, 0.2) is 168 Å². The Bertz CT molecular complexity index is 2700. The number of hydrogen-bond acceptors (Lipinski definition) is 1. The molecule has 49 heavy (non-hydrogen) atoms. The minimum Gasteiger partial charge on any atom is -0.460 e. The molecule has 10 rings (SSSR count). The average molecular weight is 625 g/mol. The highest BCUT2D eigenvalue weighted by Crippen LogP contribution is 2.45. The first-order chi connectivity index (χ1) is 24.3. The fraction of sp³-hybridized carbons (Fsp3) is 0.0417. The molecule has 0 saturated heterocycles. The molecule has 1 heterocycles. The molecule has 0 aliphatic heterocycles. The molecular formula is C48H32O. The van der Waals surface area contributed by atoms with Gasteiger partial charge in [0.1, 0.15) is 11.3 Å². The zero-order valence-electron chi connectivity index (χ0n) is 27.0. The lowest BCUT2D eigenvalue weighted by molar-refractivity contribution is 0.546. The van der Waals surface area contributed by atoms with Crippen LogP contribution in [0.5, 0.6) is 0 Å². The summed E-state index contributed by atoms with van der Waals surface area (Å²) in [4.78, 5) is 0. The zero-order chi connectivity index (χ0) is 32.3. The van der Waals surface area contributed by atoms with Gasteiger partial charge in [-0.25, -0.2) is 0 Å². The van der Waals surface area contributed by atoms with Crippen molar-refractivity contribution in [2.24, 2.45) is 0 Å². The first-order valence-electron chi connectivity index (χ1n) is 17.1. The van der Waals surface area contributed by atoms with E-state index in [2.05, 4.69) is 170 Å². The third-order valence-electron chi connectivity index (χ3n) is 10.3. The van der Waals surface area contributed by atoms with Crippen LogP contribution in [0, 0.1) is 0 Å². The number of rotatable bonds is 4. The molecule has 1 aromatic heterocycles. The lowest BCUT2D eigenvalue weighted by Crippen LogP contribution is -1.91. The average Bonchev–Trinajstić information content (AvgIpc) is 3.55. The molecule has 0 N–H and O–H groups in total. The maximum Gasteiger partial charge on any atom is 0.134 e. The number of furan rings is 1. The van der Waals surface area contributed by atoms with Crippen LogP contribution in [0.1, 0.15) is 17.7 Å². The SMILES string of the molecule is C1=Cc2c(oc3ccc(-c4ccc(-c5c6ccccc6c(-c6cccc(-c7ccc8ccccc8c7)c6)c6ccccc56)cc4)cc23)CC1. The molecular weight excluding hydrogens is 593 g/mol. The third kappa shape index (κ3) is 4.62. The number of fused-ring (bicyclic) bond motifs is 6. The van der Waals surface area contributed by atoms with Gasteiger partial charge in [-0.05, 0) is 108 Å². The Morgan fingerprint density at radius 3 is 1.71 bits per heavy atom. The first-order valence-corrected chi connectivity index (χ1v) is 17.1. The van der Waals surface area contributed by atoms with Crippen LogP contribution in [0.25, 0.3) is 93.9 Å². The molecule has 0 amide bonds. The van der Waals surface area contributed by atoms with Crippen LogP contribution < -0.4 is 0 Å². The number of aryl methyl sites for hydroxylation is 1. The summed E-state index contributed by atoms with van der Waals surface area (Å²) in [5, 5.41) is 8.77. The van der Waals surface area contributed by atoms with Crippen molar-refractivity contribution in [1.82, 2.24) is 0 Å². The van der Waals surface area contributed by atoms with Gasteiger partial charge in [-0.3, -0.25) is 0 Å². The summed E-state index contributed by atoms with van der Waals surface area (Å²) in [5.41, 5.74) is 12.1. The third-order valence-corrected chi connectivity index (χ3v) is 10.3. The Balaban J connectivity index is 1.11. The molecule has 1 aliphatic rings. The highest BCUT2D eigenvalue weighted by Gasteiger charge is 2.18. The van der Waals surface area contributed by atoms with Gasteiger partial charge >= 0.3 is 0 Å². The Morgan fingerprint density at radius 2 is 0.959 bits per heavy atom. The standard InChI is InChI=1S/C48H32O/c1-2-11-34-28-36(25-22-31(34)10-1)35-12-9-13-38(29-35)48-42-17-5-3-15-40(42)47(41-16-4-6-18-43(41)48)33-23-20-32(21-24-33)37-26-27-46-44(30-37)39-14-7-8-19-45(39)49-46/h1-7,9-18,20-30H,8,19H2. The topological polar surface area (TPSA) is 13.1 Å². The van der Waals surface area contributed by atoms with Crippen LogP contribution in [-0.2, 0) is 6.42 Å². The minimum atomic E-state index is 0.970. The summed E-state index contributed by atoms with van der Waals surface area (Å²) in [6.45, 7) is 0. The Labute approximate surface area is 285 Å². The minimum absolute atomic E-state index is 0.970. The second kappa shape index (κ2) is 11.2. The molecule has 1 aliphatic carbocycles. The number of benzene rings is 8. The van der Waals surface area contributed by atoms with Gasteiger partial charge in [0.05, 0.1) is 0 Å². The summed E-state index contributed by atoms with van der Waals surface area (Å²) in [5.74, 6) is 1.10. The van der Waals surface area contributed by atoms with Gasteiger partial charge in [0.15, 0.2) is 0 Å². The van der Waals surface area contributed by atoms with E-state index in [4.69, 9.17) is 4.42 Å². The van der Waals surface area contributed by atoms with E-state index in [-0.39, 0.29) is 0 Å². The monoisotopic (exact) mass is 624 g/mol. The zero-order valence-corrected chi connectivity index (χ0v) is 27.0. The van der Waals surface area contributed by atoms with Crippen molar-refractivity contribution < 1.29 is 4.42 Å². The molecule has 1 heteroatoms. The highest BCUT2D eigenvalue weighted by molar-refractivity contribution is 6.21. The summed E-state index contributed by atoms with van der Waals surface area (Å²) >= 11 is 0. The van der Waals surface area contributed by atoms with Crippen molar-refractivity contribution in [3.05, 3.63) is 175 Å². The van der Waals surface area contributed by atoms with Gasteiger partial charge in [0.2, 0.25) is 0 Å². The van der Waals surface area contributed by atoms with Crippen molar-refractivity contribution in [2.75, 3.05) is 0 Å². The first kappa shape index (κ1) is 27.9. The second-order valence-electron chi connectivity index (χ2n) is 13.2. The van der Waals surface area contributed by atoms with E-state index >= 15 is 0 Å². The predicted molar refractivity (Wildman–Crippen MR) is 208 cm³/mol. The van der Waals surface area contributed by atoms with E-state index in [9.17, 15) is 0 Å². The smallest absolute Gasteiger partial charge is 0.134 e. The van der Waals surface area contributed by atoms with E-state index in [0.717, 1.165) is 24.2 Å². The van der Waals surface area contributed by atoms with Gasteiger partial charge < -0.3 is 4.42 Å². The van der Waals surface area contributed by atoms with Gasteiger partial charge in [0.25, 0.3) is 0 Å². The fourth-order valence-electron chi connectivity index (χ4n) is 7.93. The molecule has 0 radical (unpaired) electrons. The molecule has 0 unspecified atom stereocenters. The van der Waals surface area contributed by atoms with Crippen molar-refractivity contribution in [2.45, 2.75) is 12.8 Å². The van der Waals surface area contributed by atoms with E-state index < -0.39 is 0 Å². The van der Waals surface area contributed by atoms with Crippen LogP contribution in [0.4, 0.5) is 0 Å². The van der Waals surface area contributed by atoms with E-state index in [1.165, 1.54) is 87.8 Å². The maximum absolute atomic E-state index is 6.17. The lowest BCUT2D eigenvalue weighted by atomic mass is 9.85. The predicted octanol–water partition coefficient (Wildman–Crippen LogP) is 13.5. The highest BCUT2D eigenvalue weighted by atomic mass is 16.3. The van der Waals surface area contributed by atoms with Crippen molar-refractivity contribution in [3.63, 3.8) is 0 Å². The number of allylic oxidation sites excluding steroid dienone is 1. The molecule has 0 saturated carbocycles. The number of hydrogen-bond donors (Lipinski definition) is 0. The molecule has 9 aromatic rings. The van der Waals surface area contributed by atoms with E-state index in [1.54, 1.807) is 0 Å². The summed E-state index contributed by atoms with van der Waals surface area (Å²) < 4.78 is 6.17. The van der Waals surface area contributed by atoms with Crippen LogP contribution in [-0.4, -0.2) is 0 Å². The molecule has 0 atom stereocenters. The van der Waals surface area contributed by atoms with Crippen LogP contribution in [0.2, 0.25) is 0 Å². The van der Waals surface area contributed by atoms with E-state index in [0.29, 0.717) is 0 Å². The van der Waals surface area contributed by atoms with Gasteiger partial charge in [-0.2, -0.15) is 0 Å². The largest absolute Gasteiger partial charge is 0.460 e. The van der Waals surface area contributed by atoms with Gasteiger partial charge in [-0.15, -0.1) is 0 Å². The van der Waals surface area contributed by atoms with Crippen molar-refractivity contribution in [3.8, 4) is 44.5 Å². The molecule has 0 fully saturated rings. The molecule has 8 aromatic carbocycles. The van der Waals surface area contributed by atoms with E-state index in [1.807, 2.05) is 0 Å².